The van der Waals surface area contributed by atoms with Crippen molar-refractivity contribution >= 4 is 5.91 Å². The number of rotatable bonds is 7. The summed E-state index contributed by atoms with van der Waals surface area (Å²) in [5.41, 5.74) is 0.754. The number of hydrogen-bond acceptors (Lipinski definition) is 4. The number of halogens is 2. The topological polar surface area (TPSA) is 71.5 Å². The van der Waals surface area contributed by atoms with Crippen LogP contribution in [-0.2, 0) is 0 Å². The standard InChI is InChI=1S/C16H16F2N2O3/c17-14(18)10-23-16-12(7-4-8-19-16)15(22)20-13(9-21)11-5-2-1-3-6-11/h1-8,13-14,21H,9-10H2,(H,20,22)/t13-/m1/s1. The highest BCUT2D eigenvalue weighted by Crippen LogP contribution is 2.18. The van der Waals surface area contributed by atoms with Gasteiger partial charge >= 0.3 is 0 Å². The Hall–Kier alpha value is -2.54. The van der Waals surface area contributed by atoms with E-state index in [2.05, 4.69) is 10.3 Å². The molecule has 0 aliphatic rings. The van der Waals surface area contributed by atoms with Crippen molar-refractivity contribution in [3.05, 3.63) is 59.8 Å². The van der Waals surface area contributed by atoms with E-state index in [0.29, 0.717) is 0 Å². The van der Waals surface area contributed by atoms with Gasteiger partial charge in [0.25, 0.3) is 12.3 Å². The van der Waals surface area contributed by atoms with Gasteiger partial charge in [0.05, 0.1) is 12.6 Å². The van der Waals surface area contributed by atoms with E-state index in [0.717, 1.165) is 5.56 Å². The summed E-state index contributed by atoms with van der Waals surface area (Å²) in [4.78, 5) is 16.1. The Balaban J connectivity index is 2.13. The van der Waals surface area contributed by atoms with Gasteiger partial charge in [0, 0.05) is 6.20 Å². The minimum atomic E-state index is -2.66. The van der Waals surface area contributed by atoms with Gasteiger partial charge < -0.3 is 15.2 Å². The van der Waals surface area contributed by atoms with Crippen molar-refractivity contribution in [3.63, 3.8) is 0 Å². The number of benzene rings is 1. The summed E-state index contributed by atoms with van der Waals surface area (Å²) in [5.74, 6) is -0.736. The molecule has 1 heterocycles. The monoisotopic (exact) mass is 322 g/mol. The summed E-state index contributed by atoms with van der Waals surface area (Å²) >= 11 is 0. The number of carbonyl (C=O) groups excluding carboxylic acids is 1. The molecule has 2 rings (SSSR count). The molecule has 0 radical (unpaired) electrons. The second-order valence-electron chi connectivity index (χ2n) is 4.68. The first-order chi connectivity index (χ1) is 11.1. The van der Waals surface area contributed by atoms with Crippen molar-refractivity contribution in [1.29, 1.82) is 0 Å². The van der Waals surface area contributed by atoms with Crippen molar-refractivity contribution in [3.8, 4) is 5.88 Å². The molecule has 0 saturated heterocycles. The molecular formula is C16H16F2N2O3. The third-order valence-corrected chi connectivity index (χ3v) is 3.05. The zero-order valence-corrected chi connectivity index (χ0v) is 12.2. The average molecular weight is 322 g/mol. The molecule has 1 aromatic heterocycles. The summed E-state index contributed by atoms with van der Waals surface area (Å²) in [7, 11) is 0. The first-order valence-corrected chi connectivity index (χ1v) is 6.94. The van der Waals surface area contributed by atoms with Crippen LogP contribution in [0.5, 0.6) is 5.88 Å². The van der Waals surface area contributed by atoms with Gasteiger partial charge in [-0.15, -0.1) is 0 Å². The Labute approximate surface area is 131 Å². The lowest BCUT2D eigenvalue weighted by atomic mass is 10.1. The zero-order chi connectivity index (χ0) is 16.7. The van der Waals surface area contributed by atoms with Gasteiger partial charge in [-0.05, 0) is 17.7 Å². The predicted octanol–water partition coefficient (Wildman–Crippen LogP) is 2.19. The van der Waals surface area contributed by atoms with E-state index >= 15 is 0 Å². The molecule has 1 amide bonds. The number of ether oxygens (including phenoxy) is 1. The van der Waals surface area contributed by atoms with E-state index < -0.39 is 25.0 Å². The van der Waals surface area contributed by atoms with E-state index in [9.17, 15) is 18.7 Å². The van der Waals surface area contributed by atoms with E-state index in [4.69, 9.17) is 4.74 Å². The zero-order valence-electron chi connectivity index (χ0n) is 12.2. The lowest BCUT2D eigenvalue weighted by Gasteiger charge is -2.17. The molecule has 1 atom stereocenters. The maximum atomic E-state index is 12.3. The van der Waals surface area contributed by atoms with Gasteiger partial charge in [0.1, 0.15) is 5.56 Å². The first-order valence-electron chi connectivity index (χ1n) is 6.94. The van der Waals surface area contributed by atoms with Crippen molar-refractivity contribution in [1.82, 2.24) is 10.3 Å². The van der Waals surface area contributed by atoms with Gasteiger partial charge in [0.15, 0.2) is 6.61 Å². The normalized spacial score (nSPS) is 12.0. The number of nitrogens with zero attached hydrogens (tertiary/aromatic N) is 1. The second kappa shape index (κ2) is 8.19. The van der Waals surface area contributed by atoms with Crippen LogP contribution in [0.1, 0.15) is 22.0 Å². The third kappa shape index (κ3) is 4.72. The number of aliphatic hydroxyl groups is 1. The van der Waals surface area contributed by atoms with Crippen molar-refractivity contribution < 1.29 is 23.4 Å². The minimum Gasteiger partial charge on any atom is -0.471 e. The quantitative estimate of drug-likeness (QED) is 0.820. The maximum Gasteiger partial charge on any atom is 0.272 e. The van der Waals surface area contributed by atoms with Crippen molar-refractivity contribution in [2.45, 2.75) is 12.5 Å². The van der Waals surface area contributed by atoms with Crippen LogP contribution < -0.4 is 10.1 Å². The Morgan fingerprint density at radius 1 is 1.22 bits per heavy atom. The van der Waals surface area contributed by atoms with Crippen LogP contribution >= 0.6 is 0 Å². The first kappa shape index (κ1) is 16.8. The fourth-order valence-corrected chi connectivity index (χ4v) is 1.98. The van der Waals surface area contributed by atoms with Crippen LogP contribution in [0.2, 0.25) is 0 Å². The van der Waals surface area contributed by atoms with Crippen LogP contribution in [0.25, 0.3) is 0 Å². The number of hydrogen-bond donors (Lipinski definition) is 2. The van der Waals surface area contributed by atoms with E-state index in [-0.39, 0.29) is 18.1 Å². The van der Waals surface area contributed by atoms with E-state index in [1.165, 1.54) is 18.3 Å². The van der Waals surface area contributed by atoms with Crippen LogP contribution in [0, 0.1) is 0 Å². The molecule has 0 aliphatic carbocycles. The molecule has 23 heavy (non-hydrogen) atoms. The molecule has 0 spiro atoms. The van der Waals surface area contributed by atoms with Crippen molar-refractivity contribution in [2.24, 2.45) is 0 Å². The molecule has 0 fully saturated rings. The molecule has 2 aromatic rings. The fourth-order valence-electron chi connectivity index (χ4n) is 1.98. The highest BCUT2D eigenvalue weighted by molar-refractivity contribution is 5.96. The van der Waals surface area contributed by atoms with Gasteiger partial charge in [0.2, 0.25) is 5.88 Å². The van der Waals surface area contributed by atoms with Crippen LogP contribution in [-0.4, -0.2) is 35.6 Å². The number of amides is 1. The molecule has 0 saturated carbocycles. The Kier molecular flexibility index (Phi) is 5.99. The minimum absolute atomic E-state index is 0.0301. The Morgan fingerprint density at radius 2 is 1.96 bits per heavy atom. The molecule has 122 valence electrons. The summed E-state index contributed by atoms with van der Waals surface area (Å²) in [6.45, 7) is -1.15. The number of aliphatic hydroxyl groups excluding tert-OH is 1. The number of alkyl halides is 2. The second-order valence-corrected chi connectivity index (χ2v) is 4.68. The summed E-state index contributed by atoms with van der Waals surface area (Å²) < 4.78 is 29.4. The van der Waals surface area contributed by atoms with Gasteiger partial charge in [-0.25, -0.2) is 13.8 Å². The van der Waals surface area contributed by atoms with Crippen LogP contribution in [0.15, 0.2) is 48.7 Å². The van der Waals surface area contributed by atoms with E-state index in [1.54, 1.807) is 24.3 Å². The average Bonchev–Trinajstić information content (AvgIpc) is 2.58. The summed E-state index contributed by atoms with van der Waals surface area (Å²) in [5, 5.41) is 12.1. The van der Waals surface area contributed by atoms with Crippen LogP contribution in [0.4, 0.5) is 8.78 Å². The third-order valence-electron chi connectivity index (χ3n) is 3.05. The van der Waals surface area contributed by atoms with Gasteiger partial charge in [-0.1, -0.05) is 30.3 Å². The lowest BCUT2D eigenvalue weighted by molar-refractivity contribution is 0.0767. The highest BCUT2D eigenvalue weighted by Gasteiger charge is 2.19. The smallest absolute Gasteiger partial charge is 0.272 e. The molecule has 7 heteroatoms. The number of pyridine rings is 1. The molecule has 0 unspecified atom stereocenters. The number of carbonyl (C=O) groups is 1. The van der Waals surface area contributed by atoms with Crippen LogP contribution in [0.3, 0.4) is 0 Å². The fraction of sp³-hybridized carbons (Fsp3) is 0.250. The largest absolute Gasteiger partial charge is 0.471 e. The summed E-state index contributed by atoms with van der Waals surface area (Å²) in [6, 6.07) is 11.2. The molecule has 2 N–H and O–H groups in total. The maximum absolute atomic E-state index is 12.3. The summed E-state index contributed by atoms with van der Waals surface area (Å²) in [6.07, 6.45) is -1.32. The van der Waals surface area contributed by atoms with Crippen molar-refractivity contribution in [2.75, 3.05) is 13.2 Å². The highest BCUT2D eigenvalue weighted by atomic mass is 19.3. The van der Waals surface area contributed by atoms with Gasteiger partial charge in [-0.3, -0.25) is 4.79 Å². The molecule has 5 nitrogen and oxygen atoms in total. The van der Waals surface area contributed by atoms with E-state index in [1.807, 2.05) is 6.07 Å². The molecule has 0 bridgehead atoms. The Bertz CT molecular complexity index is 638. The van der Waals surface area contributed by atoms with Gasteiger partial charge in [-0.2, -0.15) is 0 Å². The Morgan fingerprint density at radius 3 is 2.61 bits per heavy atom. The molecule has 1 aromatic carbocycles. The number of nitrogens with one attached hydrogen (secondary N) is 1. The SMILES string of the molecule is O=C(N[C@H](CO)c1ccccc1)c1cccnc1OCC(F)F. The molecular weight excluding hydrogens is 306 g/mol. The molecule has 0 aliphatic heterocycles. The lowest BCUT2D eigenvalue weighted by Crippen LogP contribution is -2.31. The predicted molar refractivity (Wildman–Crippen MR) is 79.5 cm³/mol. The number of aromatic nitrogens is 1.